The van der Waals surface area contributed by atoms with Crippen LogP contribution in [0.1, 0.15) is 22.3 Å². The summed E-state index contributed by atoms with van der Waals surface area (Å²) in [7, 11) is -1.39. The molecule has 0 saturated heterocycles. The molecule has 0 aliphatic heterocycles. The summed E-state index contributed by atoms with van der Waals surface area (Å²) < 4.78 is 1.47. The molecular weight excluding hydrogens is 831 g/mol. The summed E-state index contributed by atoms with van der Waals surface area (Å²) in [6, 6.07) is 38.6. The van der Waals surface area contributed by atoms with Crippen LogP contribution >= 0.6 is 47.8 Å². The van der Waals surface area contributed by atoms with Gasteiger partial charge in [0.2, 0.25) is 0 Å². The van der Waals surface area contributed by atoms with E-state index in [-0.39, 0.29) is 16.3 Å². The lowest BCUT2D eigenvalue weighted by Gasteiger charge is -2.08. The van der Waals surface area contributed by atoms with Gasteiger partial charge in [-0.05, 0) is 146 Å². The molecule has 2 N–H and O–H groups in total. The molecule has 50 heavy (non-hydrogen) atoms. The van der Waals surface area contributed by atoms with Crippen molar-refractivity contribution < 1.29 is 19.9 Å². The zero-order chi connectivity index (χ0) is 35.5. The number of hydrogen-bond acceptors (Lipinski definition) is 6. The predicted molar refractivity (Wildman–Crippen MR) is 207 cm³/mol. The quantitative estimate of drug-likeness (QED) is 0.103. The molecule has 0 aromatic heterocycles. The monoisotopic (exact) mass is 854 g/mol. The van der Waals surface area contributed by atoms with Crippen molar-refractivity contribution in [1.82, 2.24) is 0 Å². The van der Waals surface area contributed by atoms with Crippen molar-refractivity contribution in [3.05, 3.63) is 177 Å². The normalized spacial score (nSPS) is 11.5. The van der Waals surface area contributed by atoms with Gasteiger partial charge in [0.15, 0.2) is 0 Å². The predicted octanol–water partition coefficient (Wildman–Crippen LogP) is 9.65. The lowest BCUT2D eigenvalue weighted by molar-refractivity contribution is -0.386. The van der Waals surface area contributed by atoms with Gasteiger partial charge in [-0.2, -0.15) is 0 Å². The number of para-hydroxylation sites is 2. The Kier molecular flexibility index (Phi) is 10.8. The fourth-order valence-corrected chi connectivity index (χ4v) is 7.99. The molecule has 2 aliphatic carbocycles. The van der Waals surface area contributed by atoms with Gasteiger partial charge in [-0.1, -0.05) is 91.0 Å². The molecule has 8 nitrogen and oxygen atoms in total. The van der Waals surface area contributed by atoms with Crippen LogP contribution < -0.4 is 5.46 Å². The molecule has 8 rings (SSSR count). The lowest BCUT2D eigenvalue weighted by atomic mass is 9.79. The first-order chi connectivity index (χ1) is 24.0. The fraction of sp³-hybridized carbons (Fsp3) is 0.0526. The Bertz CT molecular complexity index is 2260. The van der Waals surface area contributed by atoms with Crippen molar-refractivity contribution in [3.8, 4) is 33.4 Å². The molecule has 6 aromatic rings. The highest BCUT2D eigenvalue weighted by Gasteiger charge is 2.23. The van der Waals surface area contributed by atoms with Gasteiger partial charge >= 0.3 is 7.12 Å². The van der Waals surface area contributed by atoms with Crippen LogP contribution in [0.3, 0.4) is 0 Å². The minimum atomic E-state index is -1.39. The molecule has 0 atom stereocenters. The molecule has 6 aromatic carbocycles. The van der Waals surface area contributed by atoms with Crippen molar-refractivity contribution >= 4 is 71.7 Å². The summed E-state index contributed by atoms with van der Waals surface area (Å²) in [6.07, 6.45) is 1.86. The van der Waals surface area contributed by atoms with E-state index in [9.17, 15) is 20.2 Å². The van der Waals surface area contributed by atoms with E-state index in [2.05, 4.69) is 84.2 Å². The Morgan fingerprint density at radius 3 is 1.46 bits per heavy atom. The van der Waals surface area contributed by atoms with Crippen LogP contribution in [0, 0.1) is 20.2 Å². The highest BCUT2D eigenvalue weighted by atomic mass is 79.9. The van der Waals surface area contributed by atoms with Gasteiger partial charge in [0.05, 0.1) is 28.8 Å². The Morgan fingerprint density at radius 2 is 0.940 bits per heavy atom. The van der Waals surface area contributed by atoms with E-state index in [0.717, 1.165) is 24.0 Å². The zero-order valence-corrected chi connectivity index (χ0v) is 30.9. The van der Waals surface area contributed by atoms with Crippen LogP contribution in [-0.2, 0) is 12.8 Å². The topological polar surface area (TPSA) is 127 Å². The second kappa shape index (κ2) is 15.2. The Hall–Kier alpha value is -4.46. The van der Waals surface area contributed by atoms with Crippen molar-refractivity contribution in [1.29, 1.82) is 0 Å². The molecule has 0 spiro atoms. The Balaban J connectivity index is 0.000000139. The fourth-order valence-electron chi connectivity index (χ4n) is 6.19. The average molecular weight is 857 g/mol. The molecule has 0 unspecified atom stereocenters. The van der Waals surface area contributed by atoms with Gasteiger partial charge in [-0.15, -0.1) is 0 Å². The van der Waals surface area contributed by atoms with Crippen LogP contribution in [0.4, 0.5) is 11.4 Å². The second-order valence-corrected chi connectivity index (χ2v) is 14.1. The number of nitro groups is 2. The molecule has 0 radical (unpaired) electrons. The van der Waals surface area contributed by atoms with Crippen molar-refractivity contribution in [2.75, 3.05) is 0 Å². The van der Waals surface area contributed by atoms with Gasteiger partial charge < -0.3 is 10.0 Å². The summed E-state index contributed by atoms with van der Waals surface area (Å²) in [5.41, 5.74) is 12.1. The Morgan fingerprint density at radius 1 is 0.500 bits per heavy atom. The second-order valence-electron chi connectivity index (χ2n) is 11.6. The minimum absolute atomic E-state index is 0.0625. The zero-order valence-electron chi connectivity index (χ0n) is 26.1. The van der Waals surface area contributed by atoms with Crippen LogP contribution in [0.15, 0.2) is 135 Å². The third-order valence-corrected chi connectivity index (χ3v) is 10.4. The molecule has 0 saturated carbocycles. The molecule has 2 aliphatic rings. The highest BCUT2D eigenvalue weighted by Crippen LogP contribution is 2.42. The van der Waals surface area contributed by atoms with Crippen LogP contribution in [0.2, 0.25) is 0 Å². The maximum Gasteiger partial charge on any atom is 0.488 e. The molecule has 0 fully saturated rings. The maximum atomic E-state index is 11.4. The number of nitrogens with zero attached hydrogens (tertiary/aromatic N) is 2. The van der Waals surface area contributed by atoms with Crippen molar-refractivity contribution in [2.45, 2.75) is 12.8 Å². The number of benzene rings is 6. The molecule has 0 bridgehead atoms. The number of rotatable bonds is 4. The number of halogens is 3. The minimum Gasteiger partial charge on any atom is -0.423 e. The van der Waals surface area contributed by atoms with E-state index >= 15 is 0 Å². The maximum absolute atomic E-state index is 11.4. The van der Waals surface area contributed by atoms with Gasteiger partial charge in [0.1, 0.15) is 0 Å². The summed E-state index contributed by atoms with van der Waals surface area (Å²) in [4.78, 5) is 21.0. The van der Waals surface area contributed by atoms with Crippen LogP contribution in [0.25, 0.3) is 33.4 Å². The van der Waals surface area contributed by atoms with Crippen molar-refractivity contribution in [3.63, 3.8) is 0 Å². The SMILES string of the molecule is O=[N+]([O-])c1c(Br)cccc1-c1ccc2c(c1)-c1ccccc1C2.O=[N+]([O-])c1c(Br)cccc1Br.OB(O)c1ccc2c(c1)-c1ccccc1C2. The third kappa shape index (κ3) is 7.35. The lowest BCUT2D eigenvalue weighted by Crippen LogP contribution is -2.29. The highest BCUT2D eigenvalue weighted by molar-refractivity contribution is 9.11. The Labute approximate surface area is 313 Å². The van der Waals surface area contributed by atoms with E-state index in [1.807, 2.05) is 48.5 Å². The van der Waals surface area contributed by atoms with E-state index in [4.69, 9.17) is 10.0 Å². The molecule has 0 amide bonds. The first-order valence-corrected chi connectivity index (χ1v) is 17.7. The molecule has 0 heterocycles. The summed E-state index contributed by atoms with van der Waals surface area (Å²) in [5.74, 6) is 0. The van der Waals surface area contributed by atoms with E-state index in [1.165, 1.54) is 38.9 Å². The summed E-state index contributed by atoms with van der Waals surface area (Å²) in [5, 5.41) is 40.1. The van der Waals surface area contributed by atoms with Gasteiger partial charge in [-0.3, -0.25) is 20.2 Å². The molecule has 12 heteroatoms. The number of fused-ring (bicyclic) bond motifs is 6. The van der Waals surface area contributed by atoms with Gasteiger partial charge in [0, 0.05) is 0 Å². The van der Waals surface area contributed by atoms with E-state index in [1.54, 1.807) is 36.4 Å². The smallest absolute Gasteiger partial charge is 0.423 e. The summed E-state index contributed by atoms with van der Waals surface area (Å²) in [6.45, 7) is 0. The first kappa shape index (κ1) is 35.4. The van der Waals surface area contributed by atoms with Gasteiger partial charge in [-0.25, -0.2) is 0 Å². The standard InChI is InChI=1S/C19H12BrNO2.C13H11BO2.C6H3Br2NO2/c20-18-7-3-6-16(19(18)21(22)23)14-9-8-13-10-12-4-1-2-5-15(12)17(13)11-14;15-14(16)11-6-5-10-7-9-3-1-2-4-12(9)13(10)8-11;7-4-2-1-3-5(8)6(4)9(10)11/h1-9,11H,10H2;1-6,8,15-16H,7H2;1-3H. The van der Waals surface area contributed by atoms with E-state index in [0.29, 0.717) is 24.4 Å². The van der Waals surface area contributed by atoms with Crippen LogP contribution in [-0.4, -0.2) is 27.0 Å². The van der Waals surface area contributed by atoms with Crippen LogP contribution in [0.5, 0.6) is 0 Å². The largest absolute Gasteiger partial charge is 0.488 e. The summed E-state index contributed by atoms with van der Waals surface area (Å²) >= 11 is 9.44. The first-order valence-electron chi connectivity index (χ1n) is 15.3. The van der Waals surface area contributed by atoms with Crippen molar-refractivity contribution in [2.24, 2.45) is 0 Å². The average Bonchev–Trinajstić information content (AvgIpc) is 3.66. The number of hydrogen-bond donors (Lipinski definition) is 2. The molecular formula is C38H26BBr3N2O6. The van der Waals surface area contributed by atoms with Gasteiger partial charge in [0.25, 0.3) is 11.4 Å². The molecule has 248 valence electrons. The van der Waals surface area contributed by atoms with E-state index < -0.39 is 12.0 Å². The number of nitro benzene ring substituents is 2. The third-order valence-electron chi connectivity index (χ3n) is 8.52.